The highest BCUT2D eigenvalue weighted by atomic mass is 35.5. The SMILES string of the molecule is C=CC(C)(C=CC)c1cc(Oc2c(C(C)(F)CC)nc(-c3cccnc3)[nH]c2=O)ccc1Cl. The number of ether oxygens (including phenoxy) is 1. The van der Waals surface area contributed by atoms with Crippen LogP contribution in [0.3, 0.4) is 0 Å². The van der Waals surface area contributed by atoms with Crippen LogP contribution < -0.4 is 10.3 Å². The summed E-state index contributed by atoms with van der Waals surface area (Å²) >= 11 is 6.46. The standard InChI is InChI=1S/C26H27ClFN3O2/c1-6-13-25(4,7-2)19-15-18(11-12-20(19)27)33-21-22(26(5,28)8-3)30-23(31-24(21)32)17-10-9-14-29-16-17/h6-7,9-16H,2,8H2,1,3-5H3,(H,30,31,32). The Balaban J connectivity index is 2.15. The van der Waals surface area contributed by atoms with Gasteiger partial charge in [-0.3, -0.25) is 9.78 Å². The summed E-state index contributed by atoms with van der Waals surface area (Å²) in [6.45, 7) is 10.9. The van der Waals surface area contributed by atoms with E-state index in [0.29, 0.717) is 16.3 Å². The molecule has 0 saturated carbocycles. The summed E-state index contributed by atoms with van der Waals surface area (Å²) in [5, 5.41) is 0.519. The topological polar surface area (TPSA) is 67.9 Å². The molecule has 2 unspecified atom stereocenters. The van der Waals surface area contributed by atoms with Crippen LogP contribution in [0.5, 0.6) is 11.5 Å². The van der Waals surface area contributed by atoms with E-state index in [-0.39, 0.29) is 23.7 Å². The maximum absolute atomic E-state index is 15.5. The maximum Gasteiger partial charge on any atom is 0.294 e. The zero-order valence-electron chi connectivity index (χ0n) is 19.2. The minimum Gasteiger partial charge on any atom is -0.449 e. The summed E-state index contributed by atoms with van der Waals surface area (Å²) in [5.41, 5.74) is -1.81. The van der Waals surface area contributed by atoms with Crippen LogP contribution >= 0.6 is 11.6 Å². The van der Waals surface area contributed by atoms with Crippen molar-refractivity contribution in [1.82, 2.24) is 15.0 Å². The van der Waals surface area contributed by atoms with Crippen molar-refractivity contribution in [2.75, 3.05) is 0 Å². The zero-order chi connectivity index (χ0) is 24.2. The smallest absolute Gasteiger partial charge is 0.294 e. The van der Waals surface area contributed by atoms with Gasteiger partial charge in [0.05, 0.1) is 0 Å². The molecular weight excluding hydrogens is 441 g/mol. The molecule has 0 spiro atoms. The van der Waals surface area contributed by atoms with Gasteiger partial charge in [-0.25, -0.2) is 9.37 Å². The maximum atomic E-state index is 15.5. The molecule has 3 aromatic rings. The van der Waals surface area contributed by atoms with E-state index in [4.69, 9.17) is 16.3 Å². The molecular formula is C26H27ClFN3O2. The summed E-state index contributed by atoms with van der Waals surface area (Å²) in [6, 6.07) is 8.48. The summed E-state index contributed by atoms with van der Waals surface area (Å²) in [7, 11) is 0. The Labute approximate surface area is 198 Å². The van der Waals surface area contributed by atoms with Crippen molar-refractivity contribution in [2.24, 2.45) is 0 Å². The number of alkyl halides is 1. The number of nitrogens with zero attached hydrogens (tertiary/aromatic N) is 2. The first-order valence-corrected chi connectivity index (χ1v) is 11.0. The quantitative estimate of drug-likeness (QED) is 0.366. The second kappa shape index (κ2) is 9.71. The van der Waals surface area contributed by atoms with Gasteiger partial charge in [0.2, 0.25) is 5.75 Å². The molecule has 2 heterocycles. The fraction of sp³-hybridized carbons (Fsp3) is 0.269. The number of benzene rings is 1. The predicted octanol–water partition coefficient (Wildman–Crippen LogP) is 6.89. The van der Waals surface area contributed by atoms with E-state index < -0.39 is 16.6 Å². The third-order valence-corrected chi connectivity index (χ3v) is 5.97. The highest BCUT2D eigenvalue weighted by Crippen LogP contribution is 2.38. The first kappa shape index (κ1) is 24.4. The van der Waals surface area contributed by atoms with Crippen LogP contribution in [0.25, 0.3) is 11.4 Å². The molecule has 0 aliphatic carbocycles. The zero-order valence-corrected chi connectivity index (χ0v) is 19.9. The Hall–Kier alpha value is -3.25. The number of hydrogen-bond donors (Lipinski definition) is 1. The number of pyridine rings is 1. The van der Waals surface area contributed by atoms with Crippen LogP contribution in [0.2, 0.25) is 5.02 Å². The number of hydrogen-bond acceptors (Lipinski definition) is 4. The minimum absolute atomic E-state index is 0.0796. The average Bonchev–Trinajstić information content (AvgIpc) is 2.81. The molecule has 3 rings (SSSR count). The number of nitrogens with one attached hydrogen (secondary N) is 1. The Morgan fingerprint density at radius 3 is 2.67 bits per heavy atom. The van der Waals surface area contributed by atoms with Crippen LogP contribution in [0.1, 0.15) is 45.4 Å². The molecule has 0 bridgehead atoms. The van der Waals surface area contributed by atoms with Gasteiger partial charge in [-0.1, -0.05) is 36.8 Å². The molecule has 1 aromatic carbocycles. The molecule has 172 valence electrons. The highest BCUT2D eigenvalue weighted by molar-refractivity contribution is 6.31. The Morgan fingerprint density at radius 2 is 2.06 bits per heavy atom. The van der Waals surface area contributed by atoms with Crippen LogP contribution in [-0.2, 0) is 11.1 Å². The number of H-pyrrole nitrogens is 1. The van der Waals surface area contributed by atoms with Crippen molar-refractivity contribution in [1.29, 1.82) is 0 Å². The van der Waals surface area contributed by atoms with Crippen LogP contribution in [-0.4, -0.2) is 15.0 Å². The molecule has 1 N–H and O–H groups in total. The second-order valence-electron chi connectivity index (χ2n) is 8.12. The molecule has 0 radical (unpaired) electrons. The van der Waals surface area contributed by atoms with E-state index in [9.17, 15) is 4.79 Å². The molecule has 0 aliphatic heterocycles. The fourth-order valence-corrected chi connectivity index (χ4v) is 3.75. The van der Waals surface area contributed by atoms with E-state index in [0.717, 1.165) is 5.56 Å². The summed E-state index contributed by atoms with van der Waals surface area (Å²) in [4.78, 5) is 24.2. The van der Waals surface area contributed by atoms with Crippen LogP contribution in [0.15, 0.2) is 72.3 Å². The minimum atomic E-state index is -1.89. The van der Waals surface area contributed by atoms with Crippen molar-refractivity contribution >= 4 is 11.6 Å². The second-order valence-corrected chi connectivity index (χ2v) is 8.52. The number of aromatic nitrogens is 3. The first-order chi connectivity index (χ1) is 15.6. The lowest BCUT2D eigenvalue weighted by atomic mass is 9.82. The molecule has 5 nitrogen and oxygen atoms in total. The molecule has 0 fully saturated rings. The molecule has 7 heteroatoms. The number of halogens is 2. The molecule has 2 atom stereocenters. The van der Waals surface area contributed by atoms with E-state index >= 15 is 4.39 Å². The monoisotopic (exact) mass is 467 g/mol. The Kier molecular flexibility index (Phi) is 7.18. The van der Waals surface area contributed by atoms with Crippen molar-refractivity contribution in [3.8, 4) is 22.9 Å². The molecule has 2 aromatic heterocycles. The van der Waals surface area contributed by atoms with Gasteiger partial charge < -0.3 is 9.72 Å². The van der Waals surface area contributed by atoms with Crippen molar-refractivity contribution < 1.29 is 9.13 Å². The van der Waals surface area contributed by atoms with Gasteiger partial charge in [-0.05, 0) is 63.1 Å². The molecule has 0 aliphatic rings. The van der Waals surface area contributed by atoms with Gasteiger partial charge in [-0.15, -0.1) is 6.58 Å². The van der Waals surface area contributed by atoms with E-state index in [1.807, 2.05) is 26.0 Å². The predicted molar refractivity (Wildman–Crippen MR) is 131 cm³/mol. The van der Waals surface area contributed by atoms with Gasteiger partial charge in [0.1, 0.15) is 17.3 Å². The number of aromatic amines is 1. The summed E-state index contributed by atoms with van der Waals surface area (Å²) in [6.07, 6.45) is 8.90. The van der Waals surface area contributed by atoms with E-state index in [1.165, 1.54) is 6.92 Å². The average molecular weight is 468 g/mol. The Bertz CT molecular complexity index is 1240. The normalized spacial score (nSPS) is 15.1. The molecule has 0 saturated heterocycles. The van der Waals surface area contributed by atoms with Crippen LogP contribution in [0.4, 0.5) is 4.39 Å². The van der Waals surface area contributed by atoms with Crippen molar-refractivity contribution in [3.63, 3.8) is 0 Å². The lowest BCUT2D eigenvalue weighted by Crippen LogP contribution is -2.24. The largest absolute Gasteiger partial charge is 0.449 e. The van der Waals surface area contributed by atoms with Gasteiger partial charge in [0.15, 0.2) is 5.67 Å². The Morgan fingerprint density at radius 1 is 1.30 bits per heavy atom. The van der Waals surface area contributed by atoms with Crippen molar-refractivity contribution in [2.45, 2.75) is 45.2 Å². The summed E-state index contributed by atoms with van der Waals surface area (Å²) < 4.78 is 21.5. The van der Waals surface area contributed by atoms with Gasteiger partial charge >= 0.3 is 0 Å². The number of rotatable bonds is 8. The fourth-order valence-electron chi connectivity index (χ4n) is 3.43. The van der Waals surface area contributed by atoms with Gasteiger partial charge in [0.25, 0.3) is 5.56 Å². The molecule has 33 heavy (non-hydrogen) atoms. The van der Waals surface area contributed by atoms with Gasteiger partial charge in [-0.2, -0.15) is 0 Å². The van der Waals surface area contributed by atoms with Crippen LogP contribution in [0, 0.1) is 0 Å². The van der Waals surface area contributed by atoms with E-state index in [2.05, 4.69) is 21.5 Å². The summed E-state index contributed by atoms with van der Waals surface area (Å²) in [5.74, 6) is 0.354. The third kappa shape index (κ3) is 5.06. The first-order valence-electron chi connectivity index (χ1n) is 10.6. The lowest BCUT2D eigenvalue weighted by molar-refractivity contribution is 0.173. The molecule has 0 amide bonds. The van der Waals surface area contributed by atoms with E-state index in [1.54, 1.807) is 55.7 Å². The van der Waals surface area contributed by atoms with Crippen molar-refractivity contribution in [3.05, 3.63) is 94.2 Å². The highest BCUT2D eigenvalue weighted by Gasteiger charge is 2.33. The van der Waals surface area contributed by atoms with Gasteiger partial charge in [0, 0.05) is 28.4 Å². The lowest BCUT2D eigenvalue weighted by Gasteiger charge is -2.25. The number of allylic oxidation sites excluding steroid dienone is 3. The third-order valence-electron chi connectivity index (χ3n) is 5.64.